The fourth-order valence-corrected chi connectivity index (χ4v) is 4.10. The van der Waals surface area contributed by atoms with Crippen molar-refractivity contribution >= 4 is 27.3 Å². The number of rotatable bonds is 5. The van der Waals surface area contributed by atoms with Crippen LogP contribution in [0.4, 0.5) is 11.4 Å². The Hall–Kier alpha value is -2.54. The Balaban J connectivity index is 1.68. The third kappa shape index (κ3) is 4.60. The number of anilines is 2. The highest BCUT2D eigenvalue weighted by molar-refractivity contribution is 7.92. The van der Waals surface area contributed by atoms with Crippen LogP contribution in [0.1, 0.15) is 23.1 Å². The molecule has 0 aromatic heterocycles. The fourth-order valence-electron chi connectivity index (χ4n) is 3.11. The zero-order valence-electron chi connectivity index (χ0n) is 15.8. The molecule has 1 amide bonds. The number of hydrogen-bond acceptors (Lipinski definition) is 4. The van der Waals surface area contributed by atoms with E-state index in [2.05, 4.69) is 5.32 Å². The molecule has 0 spiro atoms. The van der Waals surface area contributed by atoms with E-state index in [9.17, 15) is 13.2 Å². The zero-order chi connectivity index (χ0) is 19.6. The minimum atomic E-state index is -3.34. The number of ether oxygens (including phenoxy) is 1. The number of sulfonamides is 1. The molecule has 2 aromatic rings. The van der Waals surface area contributed by atoms with E-state index in [1.807, 2.05) is 38.1 Å². The van der Waals surface area contributed by atoms with Crippen LogP contribution in [0.3, 0.4) is 0 Å². The number of carbonyl (C=O) groups is 1. The number of nitrogens with zero attached hydrogens (tertiary/aromatic N) is 1. The van der Waals surface area contributed by atoms with Gasteiger partial charge in [0.1, 0.15) is 5.75 Å². The van der Waals surface area contributed by atoms with Gasteiger partial charge in [-0.3, -0.25) is 9.10 Å². The van der Waals surface area contributed by atoms with Crippen LogP contribution in [0.5, 0.6) is 5.75 Å². The molecular weight excluding hydrogens is 364 g/mol. The van der Waals surface area contributed by atoms with Crippen LogP contribution in [-0.4, -0.2) is 33.7 Å². The maximum absolute atomic E-state index is 12.2. The van der Waals surface area contributed by atoms with Crippen molar-refractivity contribution in [2.45, 2.75) is 26.7 Å². The van der Waals surface area contributed by atoms with Gasteiger partial charge in [-0.2, -0.15) is 0 Å². The summed E-state index contributed by atoms with van der Waals surface area (Å²) in [4.78, 5) is 12.2. The third-order valence-electron chi connectivity index (χ3n) is 4.69. The van der Waals surface area contributed by atoms with Gasteiger partial charge in [0.05, 0.1) is 11.9 Å². The van der Waals surface area contributed by atoms with E-state index < -0.39 is 10.0 Å². The van der Waals surface area contributed by atoms with Gasteiger partial charge in [-0.05, 0) is 67.6 Å². The van der Waals surface area contributed by atoms with Gasteiger partial charge in [0.15, 0.2) is 6.61 Å². The summed E-state index contributed by atoms with van der Waals surface area (Å²) in [5, 5.41) is 2.77. The van der Waals surface area contributed by atoms with Gasteiger partial charge < -0.3 is 10.1 Å². The van der Waals surface area contributed by atoms with Crippen molar-refractivity contribution in [2.24, 2.45) is 0 Å². The molecule has 7 heteroatoms. The molecule has 144 valence electrons. The van der Waals surface area contributed by atoms with E-state index in [1.54, 1.807) is 12.1 Å². The highest BCUT2D eigenvalue weighted by Gasteiger charge is 2.24. The fraction of sp³-hybridized carbons (Fsp3) is 0.350. The van der Waals surface area contributed by atoms with Crippen molar-refractivity contribution in [3.05, 3.63) is 53.1 Å². The summed E-state index contributed by atoms with van der Waals surface area (Å²) in [6.07, 6.45) is 2.81. The average Bonchev–Trinajstić information content (AvgIpc) is 2.61. The maximum Gasteiger partial charge on any atom is 0.262 e. The highest BCUT2D eigenvalue weighted by atomic mass is 32.2. The van der Waals surface area contributed by atoms with Crippen LogP contribution >= 0.6 is 0 Å². The molecule has 1 aliphatic heterocycles. The van der Waals surface area contributed by atoms with Gasteiger partial charge in [0, 0.05) is 12.2 Å². The first-order chi connectivity index (χ1) is 12.7. The van der Waals surface area contributed by atoms with Crippen molar-refractivity contribution in [3.63, 3.8) is 0 Å². The van der Waals surface area contributed by atoms with E-state index in [1.165, 1.54) is 10.6 Å². The lowest BCUT2D eigenvalue weighted by molar-refractivity contribution is -0.118. The molecule has 0 fully saturated rings. The normalized spacial score (nSPS) is 13.8. The predicted molar refractivity (Wildman–Crippen MR) is 107 cm³/mol. The Morgan fingerprint density at radius 3 is 2.63 bits per heavy atom. The lowest BCUT2D eigenvalue weighted by atomic mass is 10.0. The molecule has 1 N–H and O–H groups in total. The van der Waals surface area contributed by atoms with Gasteiger partial charge >= 0.3 is 0 Å². The molecule has 1 aliphatic rings. The molecule has 0 saturated carbocycles. The quantitative estimate of drug-likeness (QED) is 0.854. The largest absolute Gasteiger partial charge is 0.484 e. The number of hydrogen-bond donors (Lipinski definition) is 1. The van der Waals surface area contributed by atoms with Crippen LogP contribution in [0, 0.1) is 13.8 Å². The molecule has 0 atom stereocenters. The number of fused-ring (bicyclic) bond motifs is 1. The molecule has 3 rings (SSSR count). The molecule has 0 radical (unpaired) electrons. The number of nitrogens with one attached hydrogen (secondary N) is 1. The second-order valence-electron chi connectivity index (χ2n) is 6.87. The smallest absolute Gasteiger partial charge is 0.262 e. The summed E-state index contributed by atoms with van der Waals surface area (Å²) in [5.41, 5.74) is 4.42. The Labute approximate surface area is 160 Å². The molecule has 0 aliphatic carbocycles. The monoisotopic (exact) mass is 388 g/mol. The first-order valence-electron chi connectivity index (χ1n) is 8.84. The van der Waals surface area contributed by atoms with Crippen molar-refractivity contribution in [1.82, 2.24) is 0 Å². The number of benzene rings is 2. The number of amides is 1. The van der Waals surface area contributed by atoms with E-state index in [4.69, 9.17) is 4.74 Å². The van der Waals surface area contributed by atoms with E-state index in [0.29, 0.717) is 23.7 Å². The topological polar surface area (TPSA) is 75.7 Å². The Kier molecular flexibility index (Phi) is 5.41. The van der Waals surface area contributed by atoms with Gasteiger partial charge in [-0.15, -0.1) is 0 Å². The van der Waals surface area contributed by atoms with Crippen LogP contribution in [0.15, 0.2) is 36.4 Å². The van der Waals surface area contributed by atoms with Crippen LogP contribution in [-0.2, 0) is 21.2 Å². The zero-order valence-corrected chi connectivity index (χ0v) is 16.6. The molecule has 6 nitrogen and oxygen atoms in total. The summed E-state index contributed by atoms with van der Waals surface area (Å²) >= 11 is 0. The molecule has 0 bridgehead atoms. The second-order valence-corrected chi connectivity index (χ2v) is 8.77. The minimum Gasteiger partial charge on any atom is -0.484 e. The summed E-state index contributed by atoms with van der Waals surface area (Å²) < 4.78 is 31.0. The lowest BCUT2D eigenvalue weighted by Gasteiger charge is -2.29. The molecular formula is C20H24N2O4S. The van der Waals surface area contributed by atoms with Gasteiger partial charge in [0.25, 0.3) is 5.91 Å². The molecule has 27 heavy (non-hydrogen) atoms. The third-order valence-corrected chi connectivity index (χ3v) is 5.87. The van der Waals surface area contributed by atoms with Crippen molar-refractivity contribution < 1.29 is 17.9 Å². The van der Waals surface area contributed by atoms with Crippen molar-refractivity contribution in [1.29, 1.82) is 0 Å². The molecule has 0 unspecified atom stereocenters. The predicted octanol–water partition coefficient (Wildman–Crippen LogP) is 3.03. The van der Waals surface area contributed by atoms with E-state index >= 15 is 0 Å². The first-order valence-corrected chi connectivity index (χ1v) is 10.7. The standard InChI is InChI=1S/C20H24N2O4S/c1-14-6-9-18(11-15(14)2)26-13-20(23)21-17-8-7-16-5-4-10-22(19(16)12-17)27(3,24)25/h6-9,11-12H,4-5,10,13H2,1-3H3,(H,21,23). The van der Waals surface area contributed by atoms with Crippen LogP contribution in [0.25, 0.3) is 0 Å². The van der Waals surface area contributed by atoms with Crippen LogP contribution < -0.4 is 14.4 Å². The Bertz CT molecular complexity index is 970. The summed E-state index contributed by atoms with van der Waals surface area (Å²) in [6, 6.07) is 11.0. The first kappa shape index (κ1) is 19.2. The highest BCUT2D eigenvalue weighted by Crippen LogP contribution is 2.31. The maximum atomic E-state index is 12.2. The summed E-state index contributed by atoms with van der Waals surface area (Å²) in [5.74, 6) is 0.344. The van der Waals surface area contributed by atoms with E-state index in [-0.39, 0.29) is 12.5 Å². The molecule has 1 heterocycles. The van der Waals surface area contributed by atoms with Gasteiger partial charge in [-0.25, -0.2) is 8.42 Å². The van der Waals surface area contributed by atoms with Crippen molar-refractivity contribution in [2.75, 3.05) is 29.0 Å². The summed E-state index contributed by atoms with van der Waals surface area (Å²) in [7, 11) is -3.34. The van der Waals surface area contributed by atoms with E-state index in [0.717, 1.165) is 29.5 Å². The average molecular weight is 388 g/mol. The SMILES string of the molecule is Cc1ccc(OCC(=O)Nc2ccc3c(c2)N(S(C)(=O)=O)CCC3)cc1C. The molecule has 2 aromatic carbocycles. The number of carbonyl (C=O) groups excluding carboxylic acids is 1. The Morgan fingerprint density at radius 2 is 1.93 bits per heavy atom. The second kappa shape index (κ2) is 7.60. The Morgan fingerprint density at radius 1 is 1.15 bits per heavy atom. The van der Waals surface area contributed by atoms with Crippen molar-refractivity contribution in [3.8, 4) is 5.75 Å². The van der Waals surface area contributed by atoms with Crippen LogP contribution in [0.2, 0.25) is 0 Å². The van der Waals surface area contributed by atoms with Gasteiger partial charge in [0.2, 0.25) is 10.0 Å². The minimum absolute atomic E-state index is 0.116. The number of aryl methyl sites for hydroxylation is 3. The summed E-state index contributed by atoms with van der Waals surface area (Å²) in [6.45, 7) is 4.35. The molecule has 0 saturated heterocycles. The lowest BCUT2D eigenvalue weighted by Crippen LogP contribution is -2.34. The van der Waals surface area contributed by atoms with Gasteiger partial charge in [-0.1, -0.05) is 12.1 Å².